The molecular formula is C66H112O6. The predicted molar refractivity (Wildman–Crippen MR) is 311 cm³/mol. The summed E-state index contributed by atoms with van der Waals surface area (Å²) in [6.07, 6.45) is 79.8. The van der Waals surface area contributed by atoms with Crippen LogP contribution in [0.2, 0.25) is 0 Å². The van der Waals surface area contributed by atoms with Gasteiger partial charge in [0.2, 0.25) is 0 Å². The largest absolute Gasteiger partial charge is 0.462 e. The van der Waals surface area contributed by atoms with Gasteiger partial charge in [-0.1, -0.05) is 259 Å². The van der Waals surface area contributed by atoms with Gasteiger partial charge in [-0.3, -0.25) is 14.4 Å². The summed E-state index contributed by atoms with van der Waals surface area (Å²) in [6.45, 7) is 6.48. The van der Waals surface area contributed by atoms with Crippen LogP contribution in [0.5, 0.6) is 0 Å². The first kappa shape index (κ1) is 68.3. The monoisotopic (exact) mass is 1000 g/mol. The highest BCUT2D eigenvalue weighted by atomic mass is 16.6. The van der Waals surface area contributed by atoms with Crippen LogP contribution in [-0.2, 0) is 28.6 Å². The summed E-state index contributed by atoms with van der Waals surface area (Å²) in [6, 6.07) is 0. The van der Waals surface area contributed by atoms with Crippen LogP contribution in [0.4, 0.5) is 0 Å². The molecule has 6 nitrogen and oxygen atoms in total. The molecule has 0 spiro atoms. The van der Waals surface area contributed by atoms with Crippen LogP contribution in [0.1, 0.15) is 284 Å². The molecule has 0 aromatic carbocycles. The maximum Gasteiger partial charge on any atom is 0.306 e. The van der Waals surface area contributed by atoms with Crippen molar-refractivity contribution in [3.8, 4) is 0 Å². The zero-order valence-electron chi connectivity index (χ0n) is 47.2. The highest BCUT2D eigenvalue weighted by molar-refractivity contribution is 5.71. The molecule has 0 saturated carbocycles. The summed E-state index contributed by atoms with van der Waals surface area (Å²) >= 11 is 0. The maximum atomic E-state index is 12.8. The van der Waals surface area contributed by atoms with Crippen LogP contribution >= 0.6 is 0 Å². The Morgan fingerprint density at radius 2 is 0.542 bits per heavy atom. The molecule has 0 radical (unpaired) electrons. The molecule has 0 aromatic heterocycles. The summed E-state index contributed by atoms with van der Waals surface area (Å²) in [5, 5.41) is 0. The van der Waals surface area contributed by atoms with Gasteiger partial charge in [0.05, 0.1) is 0 Å². The molecule has 0 aromatic rings. The van der Waals surface area contributed by atoms with E-state index in [-0.39, 0.29) is 37.5 Å². The molecular weight excluding hydrogens is 889 g/mol. The van der Waals surface area contributed by atoms with Crippen molar-refractivity contribution >= 4 is 17.9 Å². The number of hydrogen-bond donors (Lipinski definition) is 0. The Morgan fingerprint density at radius 3 is 0.861 bits per heavy atom. The van der Waals surface area contributed by atoms with E-state index >= 15 is 0 Å². The SMILES string of the molecule is CC/C=C\C/C=C\C/C=C\C/C=C\C/C=C\CCCCCC(=O)OC(COC(=O)CCCCCCCCCCCC)COC(=O)CCCCCCCCCCCC/C=C\C/C=C\C/C=C\CCCCCCC. The topological polar surface area (TPSA) is 78.9 Å². The average molecular weight is 1000 g/mol. The molecule has 0 saturated heterocycles. The molecule has 0 bridgehead atoms. The van der Waals surface area contributed by atoms with Crippen LogP contribution < -0.4 is 0 Å². The molecule has 0 heterocycles. The number of carbonyl (C=O) groups excluding carboxylic acids is 3. The zero-order chi connectivity index (χ0) is 52.2. The van der Waals surface area contributed by atoms with Gasteiger partial charge in [0.1, 0.15) is 13.2 Å². The first-order valence-electron chi connectivity index (χ1n) is 30.2. The minimum absolute atomic E-state index is 0.0909. The first-order chi connectivity index (χ1) is 35.5. The highest BCUT2D eigenvalue weighted by Crippen LogP contribution is 2.15. The normalized spacial score (nSPS) is 12.8. The number of allylic oxidation sites excluding steroid dienone is 16. The maximum absolute atomic E-state index is 12.8. The van der Waals surface area contributed by atoms with Gasteiger partial charge < -0.3 is 14.2 Å². The standard InChI is InChI=1S/C66H112O6/c1-4-7-10-13-16-19-22-24-26-28-30-31-32-33-34-35-37-38-40-42-44-47-50-53-56-59-65(68)71-62-63(61-70-64(67)58-55-52-49-46-21-18-15-12-9-6-3)72-66(69)60-57-54-51-48-45-43-41-39-36-29-27-25-23-20-17-14-11-8-5-2/h8,11,17,20,22,24-25,27-28,30,32-33,36,39,43,45,63H,4-7,9-10,12-16,18-19,21,23,26,29,31,34-35,37-38,40-42,44,46-62H2,1-3H3/b11-8-,20-17-,24-22-,27-25-,30-28-,33-32-,39-36-,45-43-. The van der Waals surface area contributed by atoms with E-state index in [9.17, 15) is 14.4 Å². The molecule has 6 heteroatoms. The van der Waals surface area contributed by atoms with Crippen LogP contribution in [0.3, 0.4) is 0 Å². The van der Waals surface area contributed by atoms with Crippen molar-refractivity contribution in [3.05, 3.63) is 97.2 Å². The Balaban J connectivity index is 4.33. The fourth-order valence-electron chi connectivity index (χ4n) is 8.30. The molecule has 0 aliphatic heterocycles. The Labute approximate surface area is 445 Å². The third kappa shape index (κ3) is 57.2. The second kappa shape index (κ2) is 59.9. The molecule has 0 amide bonds. The van der Waals surface area contributed by atoms with Crippen molar-refractivity contribution in [3.63, 3.8) is 0 Å². The van der Waals surface area contributed by atoms with E-state index in [4.69, 9.17) is 14.2 Å². The number of ether oxygens (including phenoxy) is 3. The van der Waals surface area contributed by atoms with E-state index in [2.05, 4.69) is 118 Å². The molecule has 0 N–H and O–H groups in total. The van der Waals surface area contributed by atoms with Gasteiger partial charge in [0, 0.05) is 19.3 Å². The van der Waals surface area contributed by atoms with Crippen molar-refractivity contribution in [2.75, 3.05) is 13.2 Å². The van der Waals surface area contributed by atoms with E-state index in [0.717, 1.165) is 109 Å². The summed E-state index contributed by atoms with van der Waals surface area (Å²) in [4.78, 5) is 38.1. The third-order valence-corrected chi connectivity index (χ3v) is 12.8. The molecule has 1 atom stereocenters. The molecule has 0 aliphatic carbocycles. The zero-order valence-corrected chi connectivity index (χ0v) is 47.2. The van der Waals surface area contributed by atoms with Gasteiger partial charge in [-0.2, -0.15) is 0 Å². The summed E-state index contributed by atoms with van der Waals surface area (Å²) in [5.41, 5.74) is 0. The molecule has 0 rings (SSSR count). The van der Waals surface area contributed by atoms with Crippen molar-refractivity contribution < 1.29 is 28.6 Å². The van der Waals surface area contributed by atoms with E-state index in [1.54, 1.807) is 0 Å². The Morgan fingerprint density at radius 1 is 0.292 bits per heavy atom. The van der Waals surface area contributed by atoms with Gasteiger partial charge in [0.15, 0.2) is 6.10 Å². The van der Waals surface area contributed by atoms with Gasteiger partial charge in [-0.25, -0.2) is 0 Å². The van der Waals surface area contributed by atoms with Gasteiger partial charge >= 0.3 is 17.9 Å². The van der Waals surface area contributed by atoms with E-state index in [1.807, 2.05) is 0 Å². The number of unbranched alkanes of at least 4 members (excludes halogenated alkanes) is 27. The lowest BCUT2D eigenvalue weighted by Crippen LogP contribution is -2.30. The Bertz CT molecular complexity index is 1430. The van der Waals surface area contributed by atoms with E-state index < -0.39 is 6.10 Å². The predicted octanol–water partition coefficient (Wildman–Crippen LogP) is 20.5. The second-order valence-electron chi connectivity index (χ2n) is 19.9. The van der Waals surface area contributed by atoms with Crippen molar-refractivity contribution in [2.45, 2.75) is 290 Å². The third-order valence-electron chi connectivity index (χ3n) is 12.8. The molecule has 72 heavy (non-hydrogen) atoms. The van der Waals surface area contributed by atoms with Crippen LogP contribution in [0.25, 0.3) is 0 Å². The van der Waals surface area contributed by atoms with Crippen LogP contribution in [-0.4, -0.2) is 37.2 Å². The number of rotatable bonds is 54. The lowest BCUT2D eigenvalue weighted by Gasteiger charge is -2.18. The lowest BCUT2D eigenvalue weighted by atomic mass is 10.1. The Hall–Kier alpha value is -3.67. The molecule has 0 fully saturated rings. The van der Waals surface area contributed by atoms with Crippen molar-refractivity contribution in [2.24, 2.45) is 0 Å². The summed E-state index contributed by atoms with van der Waals surface area (Å²) in [5.74, 6) is -0.924. The minimum Gasteiger partial charge on any atom is -0.462 e. The smallest absolute Gasteiger partial charge is 0.306 e. The lowest BCUT2D eigenvalue weighted by molar-refractivity contribution is -0.167. The van der Waals surface area contributed by atoms with Gasteiger partial charge in [-0.05, 0) is 103 Å². The number of hydrogen-bond acceptors (Lipinski definition) is 6. The number of esters is 3. The van der Waals surface area contributed by atoms with E-state index in [0.29, 0.717) is 12.8 Å². The minimum atomic E-state index is -0.796. The van der Waals surface area contributed by atoms with Crippen molar-refractivity contribution in [1.82, 2.24) is 0 Å². The summed E-state index contributed by atoms with van der Waals surface area (Å²) in [7, 11) is 0. The van der Waals surface area contributed by atoms with Gasteiger partial charge in [-0.15, -0.1) is 0 Å². The van der Waals surface area contributed by atoms with Gasteiger partial charge in [0.25, 0.3) is 0 Å². The average Bonchev–Trinajstić information content (AvgIpc) is 3.38. The molecule has 0 aliphatic rings. The Kier molecular flexibility index (Phi) is 56.8. The second-order valence-corrected chi connectivity index (χ2v) is 19.9. The fraction of sp³-hybridized carbons (Fsp3) is 0.712. The quantitative estimate of drug-likeness (QED) is 0.0261. The molecule has 412 valence electrons. The fourth-order valence-corrected chi connectivity index (χ4v) is 8.30. The summed E-state index contributed by atoms with van der Waals surface area (Å²) < 4.78 is 16.8. The van der Waals surface area contributed by atoms with Crippen molar-refractivity contribution in [1.29, 1.82) is 0 Å². The van der Waals surface area contributed by atoms with Crippen LogP contribution in [0.15, 0.2) is 97.2 Å². The van der Waals surface area contributed by atoms with E-state index in [1.165, 1.54) is 135 Å². The molecule has 1 unspecified atom stereocenters. The number of carbonyl (C=O) groups is 3. The first-order valence-corrected chi connectivity index (χ1v) is 30.2. The highest BCUT2D eigenvalue weighted by Gasteiger charge is 2.19. The van der Waals surface area contributed by atoms with Crippen LogP contribution in [0, 0.1) is 0 Å².